The van der Waals surface area contributed by atoms with Crippen molar-refractivity contribution in [1.29, 1.82) is 0 Å². The maximum Gasteiger partial charge on any atom is 0.141 e. The number of carbonyl (C=O) groups is 1. The highest BCUT2D eigenvalue weighted by Crippen LogP contribution is 2.19. The number of aryl methyl sites for hydroxylation is 2. The van der Waals surface area contributed by atoms with Crippen LogP contribution >= 0.6 is 11.6 Å². The molecule has 20 heavy (non-hydrogen) atoms. The Morgan fingerprint density at radius 2 is 1.60 bits per heavy atom. The van der Waals surface area contributed by atoms with Crippen LogP contribution in [0.1, 0.15) is 22.3 Å². The van der Waals surface area contributed by atoms with Crippen LogP contribution in [-0.2, 0) is 17.6 Å². The Kier molecular flexibility index (Phi) is 4.46. The Morgan fingerprint density at radius 1 is 1.00 bits per heavy atom. The molecule has 0 bridgehead atoms. The molecule has 0 fully saturated rings. The van der Waals surface area contributed by atoms with Gasteiger partial charge in [0, 0.05) is 17.9 Å². The van der Waals surface area contributed by atoms with Crippen LogP contribution in [0.2, 0.25) is 5.02 Å². The largest absolute Gasteiger partial charge is 0.508 e. The molecule has 3 heteroatoms. The topological polar surface area (TPSA) is 37.3 Å². The lowest BCUT2D eigenvalue weighted by atomic mass is 10.0. The number of halogens is 1. The van der Waals surface area contributed by atoms with Gasteiger partial charge >= 0.3 is 0 Å². The Morgan fingerprint density at radius 3 is 2.20 bits per heavy atom. The van der Waals surface area contributed by atoms with E-state index >= 15 is 0 Å². The molecule has 2 rings (SSSR count). The van der Waals surface area contributed by atoms with E-state index < -0.39 is 0 Å². The fraction of sp³-hybridized carbons (Fsp3) is 0.235. The maximum atomic E-state index is 12.1. The van der Waals surface area contributed by atoms with Crippen LogP contribution in [0.15, 0.2) is 36.4 Å². The third-order valence-electron chi connectivity index (χ3n) is 3.30. The lowest BCUT2D eigenvalue weighted by Gasteiger charge is -2.06. The van der Waals surface area contributed by atoms with Gasteiger partial charge in [-0.15, -0.1) is 0 Å². The standard InChI is InChI=1S/C17H17ClO2/c1-11-3-4-14(10-17(11)20)9-15(19)8-13-5-6-16(18)12(2)7-13/h3-7,10,20H,8-9H2,1-2H3. The van der Waals surface area contributed by atoms with Gasteiger partial charge in [0.2, 0.25) is 0 Å². The minimum Gasteiger partial charge on any atom is -0.508 e. The molecule has 0 aliphatic carbocycles. The Balaban J connectivity index is 2.04. The molecule has 0 unspecified atom stereocenters. The summed E-state index contributed by atoms with van der Waals surface area (Å²) >= 11 is 5.97. The Labute approximate surface area is 124 Å². The van der Waals surface area contributed by atoms with Crippen LogP contribution in [0.25, 0.3) is 0 Å². The van der Waals surface area contributed by atoms with Gasteiger partial charge in [0.25, 0.3) is 0 Å². The van der Waals surface area contributed by atoms with Gasteiger partial charge in [-0.05, 0) is 48.2 Å². The average Bonchev–Trinajstić information content (AvgIpc) is 2.38. The van der Waals surface area contributed by atoms with Crippen LogP contribution in [0.4, 0.5) is 0 Å². The van der Waals surface area contributed by atoms with Crippen molar-refractivity contribution >= 4 is 17.4 Å². The van der Waals surface area contributed by atoms with Crippen molar-refractivity contribution in [2.75, 3.05) is 0 Å². The predicted molar refractivity (Wildman–Crippen MR) is 81.4 cm³/mol. The van der Waals surface area contributed by atoms with E-state index in [9.17, 15) is 9.90 Å². The lowest BCUT2D eigenvalue weighted by molar-refractivity contribution is -0.117. The van der Waals surface area contributed by atoms with Gasteiger partial charge in [-0.2, -0.15) is 0 Å². The first-order chi connectivity index (χ1) is 9.45. The van der Waals surface area contributed by atoms with E-state index in [1.807, 2.05) is 44.2 Å². The monoisotopic (exact) mass is 288 g/mol. The van der Waals surface area contributed by atoms with Crippen molar-refractivity contribution < 1.29 is 9.90 Å². The number of rotatable bonds is 4. The summed E-state index contributed by atoms with van der Waals surface area (Å²) in [5.74, 6) is 0.354. The summed E-state index contributed by atoms with van der Waals surface area (Å²) in [6, 6.07) is 11.0. The van der Waals surface area contributed by atoms with E-state index in [4.69, 9.17) is 11.6 Å². The van der Waals surface area contributed by atoms with Crippen LogP contribution < -0.4 is 0 Å². The fourth-order valence-corrected chi connectivity index (χ4v) is 2.22. The number of ketones is 1. The number of carbonyl (C=O) groups excluding carboxylic acids is 1. The normalized spacial score (nSPS) is 10.6. The average molecular weight is 289 g/mol. The molecule has 0 saturated carbocycles. The van der Waals surface area contributed by atoms with Crippen molar-refractivity contribution in [3.05, 3.63) is 63.7 Å². The van der Waals surface area contributed by atoms with Gasteiger partial charge < -0.3 is 5.11 Å². The van der Waals surface area contributed by atoms with Crippen molar-refractivity contribution in [1.82, 2.24) is 0 Å². The smallest absolute Gasteiger partial charge is 0.141 e. The van der Waals surface area contributed by atoms with Crippen molar-refractivity contribution in [2.24, 2.45) is 0 Å². The van der Waals surface area contributed by atoms with Crippen LogP contribution in [-0.4, -0.2) is 10.9 Å². The highest BCUT2D eigenvalue weighted by Gasteiger charge is 2.08. The maximum absolute atomic E-state index is 12.1. The van der Waals surface area contributed by atoms with Crippen molar-refractivity contribution in [3.8, 4) is 5.75 Å². The number of Topliss-reactive ketones (excluding diaryl/α,β-unsaturated/α-hetero) is 1. The predicted octanol–water partition coefficient (Wildman–Crippen LogP) is 4.02. The lowest BCUT2D eigenvalue weighted by Crippen LogP contribution is -2.06. The van der Waals surface area contributed by atoms with E-state index in [0.717, 1.165) is 22.3 Å². The van der Waals surface area contributed by atoms with E-state index in [1.54, 1.807) is 6.07 Å². The first-order valence-electron chi connectivity index (χ1n) is 6.51. The van der Waals surface area contributed by atoms with E-state index in [-0.39, 0.29) is 11.5 Å². The SMILES string of the molecule is Cc1ccc(CC(=O)Cc2ccc(Cl)c(C)c2)cc1O. The van der Waals surface area contributed by atoms with Crippen LogP contribution in [0.3, 0.4) is 0 Å². The molecule has 0 radical (unpaired) electrons. The molecule has 1 N–H and O–H groups in total. The molecule has 2 aromatic carbocycles. The highest BCUT2D eigenvalue weighted by molar-refractivity contribution is 6.31. The van der Waals surface area contributed by atoms with Crippen LogP contribution in [0.5, 0.6) is 5.75 Å². The fourth-order valence-electron chi connectivity index (χ4n) is 2.10. The van der Waals surface area contributed by atoms with Gasteiger partial charge in [-0.25, -0.2) is 0 Å². The zero-order valence-electron chi connectivity index (χ0n) is 11.6. The molecule has 0 saturated heterocycles. The summed E-state index contributed by atoms with van der Waals surface area (Å²) in [5, 5.41) is 10.4. The van der Waals surface area contributed by atoms with E-state index in [2.05, 4.69) is 0 Å². The van der Waals surface area contributed by atoms with Crippen molar-refractivity contribution in [2.45, 2.75) is 26.7 Å². The summed E-state index contributed by atoms with van der Waals surface area (Å²) in [5.41, 5.74) is 3.59. The molecule has 0 heterocycles. The number of phenolic OH excluding ortho intramolecular Hbond substituents is 1. The highest BCUT2D eigenvalue weighted by atomic mass is 35.5. The van der Waals surface area contributed by atoms with E-state index in [1.165, 1.54) is 0 Å². The number of hydrogen-bond donors (Lipinski definition) is 1. The molecule has 2 nitrogen and oxygen atoms in total. The summed E-state index contributed by atoms with van der Waals surface area (Å²) in [7, 11) is 0. The number of aromatic hydroxyl groups is 1. The molecule has 2 aromatic rings. The van der Waals surface area contributed by atoms with Gasteiger partial charge in [-0.1, -0.05) is 35.9 Å². The molecule has 0 amide bonds. The molecule has 104 valence electrons. The summed E-state index contributed by atoms with van der Waals surface area (Å²) < 4.78 is 0. The zero-order chi connectivity index (χ0) is 14.7. The minimum absolute atomic E-state index is 0.120. The quantitative estimate of drug-likeness (QED) is 0.923. The second-order valence-electron chi connectivity index (χ2n) is 5.10. The molecule has 0 spiro atoms. The molecule has 0 aliphatic rings. The Hall–Kier alpha value is -1.80. The number of phenols is 1. The first kappa shape index (κ1) is 14.6. The molecule has 0 atom stereocenters. The van der Waals surface area contributed by atoms with E-state index in [0.29, 0.717) is 17.9 Å². The second kappa shape index (κ2) is 6.10. The van der Waals surface area contributed by atoms with Gasteiger partial charge in [0.1, 0.15) is 11.5 Å². The third kappa shape index (κ3) is 3.61. The van der Waals surface area contributed by atoms with Gasteiger partial charge in [0.15, 0.2) is 0 Å². The Bertz CT molecular complexity index is 592. The first-order valence-corrected chi connectivity index (χ1v) is 6.88. The summed E-state index contributed by atoms with van der Waals surface area (Å²) in [6.45, 7) is 3.76. The number of hydrogen-bond acceptors (Lipinski definition) is 2. The molecular formula is C17H17ClO2. The zero-order valence-corrected chi connectivity index (χ0v) is 12.4. The van der Waals surface area contributed by atoms with Gasteiger partial charge in [0.05, 0.1) is 0 Å². The molecular weight excluding hydrogens is 272 g/mol. The molecule has 0 aliphatic heterocycles. The van der Waals surface area contributed by atoms with Crippen molar-refractivity contribution in [3.63, 3.8) is 0 Å². The minimum atomic E-state index is 0.120. The summed E-state index contributed by atoms with van der Waals surface area (Å²) in [4.78, 5) is 12.1. The molecule has 0 aromatic heterocycles. The third-order valence-corrected chi connectivity index (χ3v) is 3.72. The number of benzene rings is 2. The van der Waals surface area contributed by atoms with Gasteiger partial charge in [-0.3, -0.25) is 4.79 Å². The summed E-state index contributed by atoms with van der Waals surface area (Å²) in [6.07, 6.45) is 0.710. The van der Waals surface area contributed by atoms with Crippen LogP contribution in [0, 0.1) is 13.8 Å². The second-order valence-corrected chi connectivity index (χ2v) is 5.50.